The van der Waals surface area contributed by atoms with Crippen molar-refractivity contribution in [1.29, 1.82) is 5.26 Å². The Labute approximate surface area is 148 Å². The minimum absolute atomic E-state index is 0.280. The van der Waals surface area contributed by atoms with E-state index < -0.39 is 0 Å². The van der Waals surface area contributed by atoms with Crippen molar-refractivity contribution in [2.75, 3.05) is 18.5 Å². The van der Waals surface area contributed by atoms with E-state index in [-0.39, 0.29) is 12.0 Å². The smallest absolute Gasteiger partial charge is 0.410 e. The summed E-state index contributed by atoms with van der Waals surface area (Å²) in [4.78, 5) is 31.1. The van der Waals surface area contributed by atoms with Gasteiger partial charge in [-0.15, -0.1) is 0 Å². The Bertz CT molecular complexity index is 839. The lowest BCUT2D eigenvalue weighted by Crippen LogP contribution is -2.35. The van der Waals surface area contributed by atoms with Crippen LogP contribution in [0.1, 0.15) is 33.4 Å². The van der Waals surface area contributed by atoms with E-state index in [1.807, 2.05) is 6.07 Å². The van der Waals surface area contributed by atoms with Crippen molar-refractivity contribution in [1.82, 2.24) is 9.88 Å². The fourth-order valence-electron chi connectivity index (χ4n) is 2.48. The molecule has 2 heterocycles. The molecule has 0 atom stereocenters. The third kappa shape index (κ3) is 3.78. The van der Waals surface area contributed by atoms with E-state index in [1.165, 1.54) is 11.3 Å². The highest BCUT2D eigenvalue weighted by molar-refractivity contribution is 7.15. The van der Waals surface area contributed by atoms with Gasteiger partial charge in [0.15, 0.2) is 5.13 Å². The van der Waals surface area contributed by atoms with Crippen molar-refractivity contribution in [2.45, 2.75) is 19.9 Å². The molecule has 3 rings (SSSR count). The summed E-state index contributed by atoms with van der Waals surface area (Å²) >= 11 is 1.36. The molecule has 1 aliphatic rings. The molecule has 128 valence electrons. The third-order valence-electron chi connectivity index (χ3n) is 3.75. The first kappa shape index (κ1) is 16.9. The Morgan fingerprint density at radius 2 is 2.16 bits per heavy atom. The lowest BCUT2D eigenvalue weighted by molar-refractivity contribution is 0.102. The Kier molecular flexibility index (Phi) is 4.95. The van der Waals surface area contributed by atoms with Crippen LogP contribution in [0, 0.1) is 11.3 Å². The molecule has 1 aliphatic heterocycles. The monoisotopic (exact) mass is 356 g/mol. The second-order valence-electron chi connectivity index (χ2n) is 5.40. The predicted octanol–water partition coefficient (Wildman–Crippen LogP) is 2.78. The van der Waals surface area contributed by atoms with Crippen LogP contribution in [-0.4, -0.2) is 35.0 Å². The van der Waals surface area contributed by atoms with E-state index in [0.717, 1.165) is 10.6 Å². The number of ether oxygens (including phenoxy) is 1. The van der Waals surface area contributed by atoms with Crippen molar-refractivity contribution >= 4 is 28.5 Å². The van der Waals surface area contributed by atoms with Gasteiger partial charge < -0.3 is 9.64 Å². The van der Waals surface area contributed by atoms with Gasteiger partial charge in [-0.05, 0) is 31.2 Å². The molecule has 0 saturated heterocycles. The first-order valence-corrected chi connectivity index (χ1v) is 8.64. The summed E-state index contributed by atoms with van der Waals surface area (Å²) in [5.41, 5.74) is 1.86. The van der Waals surface area contributed by atoms with Gasteiger partial charge in [0.2, 0.25) is 0 Å². The van der Waals surface area contributed by atoms with E-state index in [1.54, 1.807) is 36.1 Å². The number of hydrogen-bond donors (Lipinski definition) is 1. The van der Waals surface area contributed by atoms with Crippen LogP contribution in [0.3, 0.4) is 0 Å². The van der Waals surface area contributed by atoms with Gasteiger partial charge in [0, 0.05) is 23.4 Å². The molecule has 25 heavy (non-hydrogen) atoms. The van der Waals surface area contributed by atoms with Crippen LogP contribution in [0.15, 0.2) is 24.3 Å². The van der Waals surface area contributed by atoms with Crippen molar-refractivity contribution in [3.8, 4) is 6.07 Å². The lowest BCUT2D eigenvalue weighted by Gasteiger charge is -2.24. The zero-order valence-electron chi connectivity index (χ0n) is 13.6. The van der Waals surface area contributed by atoms with Crippen molar-refractivity contribution < 1.29 is 14.3 Å². The quantitative estimate of drug-likeness (QED) is 0.912. The molecular formula is C17H16N4O3S. The van der Waals surface area contributed by atoms with E-state index in [4.69, 9.17) is 10.00 Å². The SMILES string of the molecule is CCOC(=O)N1CCc2nc(NC(=O)c3ccc(C#N)cc3)sc2C1. The number of hydrogen-bond acceptors (Lipinski definition) is 6. The second-order valence-corrected chi connectivity index (χ2v) is 6.49. The Hall–Kier alpha value is -2.92. The number of aromatic nitrogens is 1. The molecule has 0 fully saturated rings. The van der Waals surface area contributed by atoms with Gasteiger partial charge in [-0.2, -0.15) is 5.26 Å². The molecule has 0 unspecified atom stereocenters. The maximum absolute atomic E-state index is 12.3. The molecule has 8 heteroatoms. The average Bonchev–Trinajstić information content (AvgIpc) is 3.03. The summed E-state index contributed by atoms with van der Waals surface area (Å²) in [6.07, 6.45) is 0.307. The van der Waals surface area contributed by atoms with Crippen LogP contribution in [0.4, 0.5) is 9.93 Å². The number of amides is 2. The van der Waals surface area contributed by atoms with E-state index in [0.29, 0.717) is 42.4 Å². The molecule has 2 amide bonds. The van der Waals surface area contributed by atoms with Crippen LogP contribution in [0.5, 0.6) is 0 Å². The van der Waals surface area contributed by atoms with Gasteiger partial charge >= 0.3 is 6.09 Å². The largest absolute Gasteiger partial charge is 0.450 e. The topological polar surface area (TPSA) is 95.3 Å². The lowest BCUT2D eigenvalue weighted by atomic mass is 10.1. The van der Waals surface area contributed by atoms with Crippen LogP contribution in [-0.2, 0) is 17.7 Å². The van der Waals surface area contributed by atoms with Crippen LogP contribution in [0.2, 0.25) is 0 Å². The fourth-order valence-corrected chi connectivity index (χ4v) is 3.50. The second kappa shape index (κ2) is 7.32. The normalized spacial score (nSPS) is 12.9. The summed E-state index contributed by atoms with van der Waals surface area (Å²) in [6.45, 7) is 3.12. The summed E-state index contributed by atoms with van der Waals surface area (Å²) in [6, 6.07) is 8.41. The number of carbonyl (C=O) groups excluding carboxylic acids is 2. The molecule has 2 aromatic rings. The zero-order chi connectivity index (χ0) is 17.8. The number of fused-ring (bicyclic) bond motifs is 1. The summed E-state index contributed by atoms with van der Waals surface area (Å²) < 4.78 is 5.02. The maximum atomic E-state index is 12.3. The Balaban J connectivity index is 1.68. The highest BCUT2D eigenvalue weighted by Gasteiger charge is 2.25. The third-order valence-corrected chi connectivity index (χ3v) is 4.75. The van der Waals surface area contributed by atoms with Crippen molar-refractivity contribution in [3.63, 3.8) is 0 Å². The summed E-state index contributed by atoms with van der Waals surface area (Å²) in [7, 11) is 0. The number of anilines is 1. The molecule has 1 aromatic carbocycles. The molecule has 1 aromatic heterocycles. The number of benzene rings is 1. The zero-order valence-corrected chi connectivity index (χ0v) is 14.4. The first-order chi connectivity index (χ1) is 12.1. The molecule has 0 spiro atoms. The van der Waals surface area contributed by atoms with E-state index >= 15 is 0 Å². The predicted molar refractivity (Wildman–Crippen MR) is 92.4 cm³/mol. The Morgan fingerprint density at radius 1 is 1.40 bits per heavy atom. The van der Waals surface area contributed by atoms with Crippen LogP contribution < -0.4 is 5.32 Å². The summed E-state index contributed by atoms with van der Waals surface area (Å²) in [5, 5.41) is 12.1. The number of thiazole rings is 1. The minimum Gasteiger partial charge on any atom is -0.450 e. The fraction of sp³-hybridized carbons (Fsp3) is 0.294. The molecule has 1 N–H and O–H groups in total. The van der Waals surface area contributed by atoms with Gasteiger partial charge in [0.1, 0.15) is 0 Å². The molecule has 0 aliphatic carbocycles. The van der Waals surface area contributed by atoms with Gasteiger partial charge in [-0.1, -0.05) is 11.3 Å². The number of carbonyl (C=O) groups is 2. The van der Waals surface area contributed by atoms with Gasteiger partial charge in [-0.3, -0.25) is 10.1 Å². The van der Waals surface area contributed by atoms with Gasteiger partial charge in [-0.25, -0.2) is 9.78 Å². The van der Waals surface area contributed by atoms with Crippen LogP contribution >= 0.6 is 11.3 Å². The highest BCUT2D eigenvalue weighted by Crippen LogP contribution is 2.28. The Morgan fingerprint density at radius 3 is 2.84 bits per heavy atom. The summed E-state index contributed by atoms with van der Waals surface area (Å²) in [5.74, 6) is -0.280. The average molecular weight is 356 g/mol. The molecule has 0 radical (unpaired) electrons. The number of nitriles is 1. The number of nitrogens with one attached hydrogen (secondary N) is 1. The van der Waals surface area contributed by atoms with Crippen molar-refractivity contribution in [3.05, 3.63) is 46.0 Å². The molecule has 7 nitrogen and oxygen atoms in total. The maximum Gasteiger partial charge on any atom is 0.410 e. The molecule has 0 bridgehead atoms. The van der Waals surface area contributed by atoms with E-state index in [2.05, 4.69) is 10.3 Å². The number of nitrogens with zero attached hydrogens (tertiary/aromatic N) is 3. The van der Waals surface area contributed by atoms with Crippen molar-refractivity contribution in [2.24, 2.45) is 0 Å². The van der Waals surface area contributed by atoms with Gasteiger partial charge in [0.25, 0.3) is 5.91 Å². The van der Waals surface area contributed by atoms with E-state index in [9.17, 15) is 9.59 Å². The minimum atomic E-state index is -0.329. The van der Waals surface area contributed by atoms with Gasteiger partial charge in [0.05, 0.1) is 30.5 Å². The molecule has 0 saturated carbocycles. The highest BCUT2D eigenvalue weighted by atomic mass is 32.1. The first-order valence-electron chi connectivity index (χ1n) is 7.82. The van der Waals surface area contributed by atoms with Crippen LogP contribution in [0.25, 0.3) is 0 Å². The molecular weight excluding hydrogens is 340 g/mol. The number of rotatable bonds is 3. The standard InChI is InChI=1S/C17H16N4O3S/c1-2-24-17(23)21-8-7-13-14(10-21)25-16(19-13)20-15(22)12-5-3-11(9-18)4-6-12/h3-6H,2,7-8,10H2,1H3,(H,19,20,22).